The van der Waals surface area contributed by atoms with Crippen LogP contribution in [0.3, 0.4) is 0 Å². The number of benzene rings is 2. The van der Waals surface area contributed by atoms with Crippen LogP contribution < -0.4 is 10.1 Å². The number of carbonyl (C=O) groups excluding carboxylic acids is 1. The van der Waals surface area contributed by atoms with Crippen molar-refractivity contribution in [3.63, 3.8) is 0 Å². The van der Waals surface area contributed by atoms with E-state index in [1.54, 1.807) is 25.1 Å². The minimum absolute atomic E-state index is 0.203. The first-order valence-corrected chi connectivity index (χ1v) is 10.5. The molecule has 1 heterocycles. The zero-order valence-corrected chi connectivity index (χ0v) is 18.3. The fraction of sp³-hybridized carbons (Fsp3) is 0.409. The quantitative estimate of drug-likeness (QED) is 0.717. The highest BCUT2D eigenvalue weighted by molar-refractivity contribution is 6.42. The molecule has 1 atom stereocenters. The smallest absolute Gasteiger partial charge is 0.261 e. The van der Waals surface area contributed by atoms with Gasteiger partial charge in [-0.25, -0.2) is 0 Å². The number of hydrogen-bond acceptors (Lipinski definition) is 4. The molecule has 1 aliphatic rings. The Kier molecular flexibility index (Phi) is 7.78. The summed E-state index contributed by atoms with van der Waals surface area (Å²) in [5.74, 6) is 0.196. The van der Waals surface area contributed by atoms with Crippen molar-refractivity contribution in [1.82, 2.24) is 15.1 Å². The fourth-order valence-electron chi connectivity index (χ4n) is 3.25. The van der Waals surface area contributed by atoms with E-state index < -0.39 is 6.10 Å². The topological polar surface area (TPSA) is 44.8 Å². The van der Waals surface area contributed by atoms with E-state index in [2.05, 4.69) is 34.3 Å². The molecule has 0 aromatic heterocycles. The van der Waals surface area contributed by atoms with Crippen molar-refractivity contribution in [2.45, 2.75) is 26.1 Å². The molecular formula is C22H27Cl2N3O2. The molecule has 2 aromatic rings. The predicted molar refractivity (Wildman–Crippen MR) is 118 cm³/mol. The largest absolute Gasteiger partial charge is 0.479 e. The molecular weight excluding hydrogens is 409 g/mol. The maximum Gasteiger partial charge on any atom is 0.261 e. The second-order valence-corrected chi connectivity index (χ2v) is 8.21. The van der Waals surface area contributed by atoms with Crippen LogP contribution in [-0.2, 0) is 17.9 Å². The average Bonchev–Trinajstić information content (AvgIpc) is 2.71. The first-order valence-electron chi connectivity index (χ1n) is 9.79. The lowest BCUT2D eigenvalue weighted by atomic mass is 10.1. The molecule has 1 fully saturated rings. The SMILES string of the molecule is CC(Oc1cccc(Cl)c1Cl)C(=O)NCc1cccc(CN2CCN(C)CC2)c1. The normalized spacial score (nSPS) is 16.4. The van der Waals surface area contributed by atoms with Crippen molar-refractivity contribution in [3.8, 4) is 5.75 Å². The Morgan fingerprint density at radius 3 is 2.55 bits per heavy atom. The zero-order valence-electron chi connectivity index (χ0n) is 16.8. The molecule has 0 spiro atoms. The number of piperazine rings is 1. The van der Waals surface area contributed by atoms with Gasteiger partial charge in [0.15, 0.2) is 6.10 Å². The van der Waals surface area contributed by atoms with Gasteiger partial charge in [-0.05, 0) is 37.2 Å². The second-order valence-electron chi connectivity index (χ2n) is 7.43. The van der Waals surface area contributed by atoms with Crippen molar-refractivity contribution in [1.29, 1.82) is 0 Å². The Balaban J connectivity index is 1.51. The van der Waals surface area contributed by atoms with Gasteiger partial charge in [-0.15, -0.1) is 0 Å². The van der Waals surface area contributed by atoms with Gasteiger partial charge in [0.2, 0.25) is 0 Å². The maximum atomic E-state index is 12.4. The minimum atomic E-state index is -0.681. The van der Waals surface area contributed by atoms with Crippen LogP contribution in [0.2, 0.25) is 10.0 Å². The summed E-state index contributed by atoms with van der Waals surface area (Å²) in [6, 6.07) is 13.5. The summed E-state index contributed by atoms with van der Waals surface area (Å²) in [4.78, 5) is 17.2. The molecule has 156 valence electrons. The molecule has 2 aromatic carbocycles. The van der Waals surface area contributed by atoms with Crippen molar-refractivity contribution in [2.24, 2.45) is 0 Å². The van der Waals surface area contributed by atoms with E-state index >= 15 is 0 Å². The molecule has 0 bridgehead atoms. The van der Waals surface area contributed by atoms with E-state index in [1.807, 2.05) is 12.1 Å². The summed E-state index contributed by atoms with van der Waals surface area (Å²) in [5.41, 5.74) is 2.33. The van der Waals surface area contributed by atoms with Crippen molar-refractivity contribution < 1.29 is 9.53 Å². The Morgan fingerprint density at radius 1 is 1.10 bits per heavy atom. The molecule has 0 saturated carbocycles. The van der Waals surface area contributed by atoms with Crippen LogP contribution in [0.1, 0.15) is 18.1 Å². The number of hydrogen-bond donors (Lipinski definition) is 1. The van der Waals surface area contributed by atoms with Gasteiger partial charge < -0.3 is 15.0 Å². The number of amides is 1. The van der Waals surface area contributed by atoms with E-state index in [-0.39, 0.29) is 5.91 Å². The highest BCUT2D eigenvalue weighted by Gasteiger charge is 2.17. The summed E-state index contributed by atoms with van der Waals surface area (Å²) in [5, 5.41) is 3.64. The zero-order chi connectivity index (χ0) is 20.8. The lowest BCUT2D eigenvalue weighted by molar-refractivity contribution is -0.127. The Hall–Kier alpha value is -1.79. The van der Waals surface area contributed by atoms with E-state index in [9.17, 15) is 4.79 Å². The Bertz CT molecular complexity index is 839. The molecule has 1 unspecified atom stereocenters. The van der Waals surface area contributed by atoms with Gasteiger partial charge in [0.25, 0.3) is 5.91 Å². The molecule has 0 aliphatic carbocycles. The highest BCUT2D eigenvalue weighted by Crippen LogP contribution is 2.32. The monoisotopic (exact) mass is 435 g/mol. The molecule has 29 heavy (non-hydrogen) atoms. The molecule has 7 heteroatoms. The average molecular weight is 436 g/mol. The summed E-state index contributed by atoms with van der Waals surface area (Å²) < 4.78 is 5.67. The van der Waals surface area contributed by atoms with E-state index in [0.717, 1.165) is 38.3 Å². The third-order valence-electron chi connectivity index (χ3n) is 5.05. The molecule has 5 nitrogen and oxygen atoms in total. The Labute approximate surface area is 182 Å². The van der Waals surface area contributed by atoms with Crippen LogP contribution in [0.25, 0.3) is 0 Å². The summed E-state index contributed by atoms with van der Waals surface area (Å²) in [6.07, 6.45) is -0.681. The number of likely N-dealkylation sites (N-methyl/N-ethyl adjacent to an activating group) is 1. The molecule has 1 amide bonds. The maximum absolute atomic E-state index is 12.4. The van der Waals surface area contributed by atoms with Gasteiger partial charge >= 0.3 is 0 Å². The fourth-order valence-corrected chi connectivity index (χ4v) is 3.59. The van der Waals surface area contributed by atoms with Crippen LogP contribution in [0.4, 0.5) is 0 Å². The van der Waals surface area contributed by atoms with Gasteiger partial charge in [-0.1, -0.05) is 53.5 Å². The minimum Gasteiger partial charge on any atom is -0.479 e. The Morgan fingerprint density at radius 2 is 1.79 bits per heavy atom. The lowest BCUT2D eigenvalue weighted by Gasteiger charge is -2.32. The van der Waals surface area contributed by atoms with Crippen molar-refractivity contribution in [3.05, 3.63) is 63.6 Å². The third-order valence-corrected chi connectivity index (χ3v) is 5.85. The number of nitrogens with one attached hydrogen (secondary N) is 1. The molecule has 1 aliphatic heterocycles. The summed E-state index contributed by atoms with van der Waals surface area (Å²) >= 11 is 12.1. The number of ether oxygens (including phenoxy) is 1. The van der Waals surface area contributed by atoms with Crippen LogP contribution in [-0.4, -0.2) is 55.0 Å². The summed E-state index contributed by atoms with van der Waals surface area (Å²) in [7, 11) is 2.16. The molecule has 1 saturated heterocycles. The standard InChI is InChI=1S/C22H27Cl2N3O2/c1-16(29-20-8-4-7-19(23)21(20)24)22(28)25-14-17-5-3-6-18(13-17)15-27-11-9-26(2)10-12-27/h3-8,13,16H,9-12,14-15H2,1-2H3,(H,25,28). The van der Waals surface area contributed by atoms with Gasteiger partial charge in [0.05, 0.1) is 5.02 Å². The van der Waals surface area contributed by atoms with Gasteiger partial charge in [-0.2, -0.15) is 0 Å². The van der Waals surface area contributed by atoms with Gasteiger partial charge in [-0.3, -0.25) is 9.69 Å². The second kappa shape index (κ2) is 10.3. The van der Waals surface area contributed by atoms with E-state index in [1.165, 1.54) is 5.56 Å². The number of halogens is 2. The van der Waals surface area contributed by atoms with Crippen LogP contribution in [0, 0.1) is 0 Å². The number of carbonyl (C=O) groups is 1. The first-order chi connectivity index (χ1) is 13.9. The molecule has 3 rings (SSSR count). The van der Waals surface area contributed by atoms with E-state index in [0.29, 0.717) is 22.3 Å². The van der Waals surface area contributed by atoms with Gasteiger partial charge in [0, 0.05) is 39.3 Å². The number of nitrogens with zero attached hydrogens (tertiary/aromatic N) is 2. The van der Waals surface area contributed by atoms with Gasteiger partial charge in [0.1, 0.15) is 10.8 Å². The van der Waals surface area contributed by atoms with Crippen LogP contribution in [0.5, 0.6) is 5.75 Å². The highest BCUT2D eigenvalue weighted by atomic mass is 35.5. The lowest BCUT2D eigenvalue weighted by Crippen LogP contribution is -2.43. The van der Waals surface area contributed by atoms with Crippen molar-refractivity contribution in [2.75, 3.05) is 33.2 Å². The third kappa shape index (κ3) is 6.34. The number of rotatable bonds is 7. The van der Waals surface area contributed by atoms with Crippen LogP contribution in [0.15, 0.2) is 42.5 Å². The van der Waals surface area contributed by atoms with Crippen LogP contribution >= 0.6 is 23.2 Å². The van der Waals surface area contributed by atoms with Crippen molar-refractivity contribution >= 4 is 29.1 Å². The first kappa shape index (κ1) is 21.9. The van der Waals surface area contributed by atoms with E-state index in [4.69, 9.17) is 27.9 Å². The molecule has 1 N–H and O–H groups in total. The summed E-state index contributed by atoms with van der Waals surface area (Å²) in [6.45, 7) is 7.44. The predicted octanol–water partition coefficient (Wildman–Crippen LogP) is 3.82. The molecule has 0 radical (unpaired) electrons.